The Labute approximate surface area is 104 Å². The lowest BCUT2D eigenvalue weighted by Crippen LogP contribution is -2.57. The summed E-state index contributed by atoms with van der Waals surface area (Å²) in [7, 11) is 1.50. The molecule has 0 bridgehead atoms. The second kappa shape index (κ2) is 5.48. The Balaban J connectivity index is 2.70. The molecule has 2 N–H and O–H groups in total. The molecular weight excluding hydrogens is 242 g/mol. The fourth-order valence-corrected chi connectivity index (χ4v) is 1.60. The van der Waals surface area contributed by atoms with Crippen LogP contribution < -0.4 is 5.32 Å². The molecule has 1 aliphatic heterocycles. The van der Waals surface area contributed by atoms with Gasteiger partial charge in [0.2, 0.25) is 5.91 Å². The number of carbonyl (C=O) groups is 4. The van der Waals surface area contributed by atoms with Crippen LogP contribution in [0, 0.1) is 0 Å². The van der Waals surface area contributed by atoms with Gasteiger partial charge in [0.25, 0.3) is 0 Å². The first-order valence-electron chi connectivity index (χ1n) is 5.37. The SMILES string of the molecule is CC(=O)NC(CN1CCN(C)C(=O)C1=O)C(=O)O. The molecule has 1 saturated heterocycles. The first-order chi connectivity index (χ1) is 8.32. The van der Waals surface area contributed by atoms with E-state index >= 15 is 0 Å². The van der Waals surface area contributed by atoms with E-state index in [1.165, 1.54) is 18.9 Å². The number of likely N-dealkylation sites (N-methyl/N-ethyl adjacent to an activating group) is 1. The molecule has 8 heteroatoms. The first kappa shape index (κ1) is 13.9. The lowest BCUT2D eigenvalue weighted by Gasteiger charge is -2.32. The number of amides is 3. The van der Waals surface area contributed by atoms with Gasteiger partial charge in [0.1, 0.15) is 6.04 Å². The van der Waals surface area contributed by atoms with Crippen LogP contribution in [0.15, 0.2) is 0 Å². The Kier molecular flexibility index (Phi) is 4.24. The van der Waals surface area contributed by atoms with Crippen LogP contribution in [0.1, 0.15) is 6.92 Å². The first-order valence-corrected chi connectivity index (χ1v) is 5.37. The topological polar surface area (TPSA) is 107 Å². The molecule has 1 heterocycles. The zero-order chi connectivity index (χ0) is 13.9. The summed E-state index contributed by atoms with van der Waals surface area (Å²) in [5, 5.41) is 11.1. The standard InChI is InChI=1S/C10H15N3O5/c1-6(14)11-7(10(17)18)5-13-4-3-12(2)8(15)9(13)16/h7H,3-5H2,1-2H3,(H,11,14)(H,17,18). The molecule has 1 aliphatic rings. The third-order valence-corrected chi connectivity index (χ3v) is 2.60. The van der Waals surface area contributed by atoms with Gasteiger partial charge >= 0.3 is 17.8 Å². The fraction of sp³-hybridized carbons (Fsp3) is 0.600. The van der Waals surface area contributed by atoms with E-state index in [4.69, 9.17) is 5.11 Å². The van der Waals surface area contributed by atoms with Crippen molar-refractivity contribution in [2.24, 2.45) is 0 Å². The maximum atomic E-state index is 11.6. The molecular formula is C10H15N3O5. The van der Waals surface area contributed by atoms with E-state index in [1.807, 2.05) is 0 Å². The van der Waals surface area contributed by atoms with E-state index < -0.39 is 29.7 Å². The monoisotopic (exact) mass is 257 g/mol. The van der Waals surface area contributed by atoms with Gasteiger partial charge in [-0.15, -0.1) is 0 Å². The predicted molar refractivity (Wildman–Crippen MR) is 59.5 cm³/mol. The number of hydrogen-bond acceptors (Lipinski definition) is 4. The van der Waals surface area contributed by atoms with E-state index in [2.05, 4.69) is 5.32 Å². The van der Waals surface area contributed by atoms with Crippen LogP contribution in [-0.2, 0) is 19.2 Å². The number of nitrogens with one attached hydrogen (secondary N) is 1. The molecule has 1 rings (SSSR count). The summed E-state index contributed by atoms with van der Waals surface area (Å²) in [4.78, 5) is 47.2. The number of rotatable bonds is 4. The molecule has 1 atom stereocenters. The van der Waals surface area contributed by atoms with Gasteiger partial charge in [0.05, 0.1) is 6.54 Å². The van der Waals surface area contributed by atoms with Gasteiger partial charge in [-0.3, -0.25) is 14.4 Å². The number of aliphatic carboxylic acids is 1. The molecule has 0 radical (unpaired) electrons. The zero-order valence-corrected chi connectivity index (χ0v) is 10.2. The Hall–Kier alpha value is -2.12. The highest BCUT2D eigenvalue weighted by Gasteiger charge is 2.33. The Morgan fingerprint density at radius 3 is 2.44 bits per heavy atom. The number of piperazine rings is 1. The molecule has 3 amide bonds. The number of carboxylic acid groups (broad SMARTS) is 1. The molecule has 0 aromatic carbocycles. The van der Waals surface area contributed by atoms with Crippen molar-refractivity contribution in [1.82, 2.24) is 15.1 Å². The highest BCUT2D eigenvalue weighted by Crippen LogP contribution is 2.04. The average Bonchev–Trinajstić information content (AvgIpc) is 2.28. The molecule has 1 unspecified atom stereocenters. The fourth-order valence-electron chi connectivity index (χ4n) is 1.60. The van der Waals surface area contributed by atoms with Gasteiger partial charge in [-0.25, -0.2) is 4.79 Å². The van der Waals surface area contributed by atoms with Gasteiger partial charge in [-0.1, -0.05) is 0 Å². The van der Waals surface area contributed by atoms with Crippen LogP contribution in [0.5, 0.6) is 0 Å². The van der Waals surface area contributed by atoms with Crippen LogP contribution in [0.3, 0.4) is 0 Å². The zero-order valence-electron chi connectivity index (χ0n) is 10.2. The van der Waals surface area contributed by atoms with Crippen molar-refractivity contribution in [3.05, 3.63) is 0 Å². The molecule has 0 aromatic rings. The molecule has 0 aromatic heterocycles. The van der Waals surface area contributed by atoms with Gasteiger partial charge in [0.15, 0.2) is 0 Å². The lowest BCUT2D eigenvalue weighted by molar-refractivity contribution is -0.156. The van der Waals surface area contributed by atoms with Crippen LogP contribution in [0.2, 0.25) is 0 Å². The largest absolute Gasteiger partial charge is 0.480 e. The number of carbonyl (C=O) groups excluding carboxylic acids is 3. The van der Waals surface area contributed by atoms with Crippen LogP contribution >= 0.6 is 0 Å². The number of nitrogens with zero attached hydrogens (tertiary/aromatic N) is 2. The minimum atomic E-state index is -1.25. The van der Waals surface area contributed by atoms with Crippen molar-refractivity contribution in [3.8, 4) is 0 Å². The third kappa shape index (κ3) is 3.19. The van der Waals surface area contributed by atoms with E-state index in [0.717, 1.165) is 4.90 Å². The van der Waals surface area contributed by atoms with E-state index in [1.54, 1.807) is 0 Å². The highest BCUT2D eigenvalue weighted by molar-refractivity contribution is 6.35. The van der Waals surface area contributed by atoms with Gasteiger partial charge < -0.3 is 20.2 Å². The summed E-state index contributed by atoms with van der Waals surface area (Å²) in [6.07, 6.45) is 0. The predicted octanol–water partition coefficient (Wildman–Crippen LogP) is -2.12. The van der Waals surface area contributed by atoms with Gasteiger partial charge in [0, 0.05) is 27.1 Å². The summed E-state index contributed by atoms with van der Waals surface area (Å²) in [5.74, 6) is -3.17. The third-order valence-electron chi connectivity index (χ3n) is 2.60. The summed E-state index contributed by atoms with van der Waals surface area (Å²) >= 11 is 0. The molecule has 0 aliphatic carbocycles. The maximum Gasteiger partial charge on any atom is 0.328 e. The van der Waals surface area contributed by atoms with E-state index in [9.17, 15) is 19.2 Å². The quantitative estimate of drug-likeness (QED) is 0.560. The maximum absolute atomic E-state index is 11.6. The molecule has 0 spiro atoms. The minimum absolute atomic E-state index is 0.215. The highest BCUT2D eigenvalue weighted by atomic mass is 16.4. The summed E-state index contributed by atoms with van der Waals surface area (Å²) in [5.41, 5.74) is 0. The second-order valence-corrected chi connectivity index (χ2v) is 4.07. The Morgan fingerprint density at radius 2 is 1.94 bits per heavy atom. The van der Waals surface area contributed by atoms with Crippen LogP contribution in [-0.4, -0.2) is 71.3 Å². The lowest BCUT2D eigenvalue weighted by atomic mass is 10.2. The van der Waals surface area contributed by atoms with Gasteiger partial charge in [-0.2, -0.15) is 0 Å². The van der Waals surface area contributed by atoms with Crippen molar-refractivity contribution in [2.45, 2.75) is 13.0 Å². The Morgan fingerprint density at radius 1 is 1.33 bits per heavy atom. The summed E-state index contributed by atoms with van der Waals surface area (Å²) < 4.78 is 0. The van der Waals surface area contributed by atoms with Crippen molar-refractivity contribution < 1.29 is 24.3 Å². The summed E-state index contributed by atoms with van der Waals surface area (Å²) in [6.45, 7) is 1.57. The Bertz CT molecular complexity index is 395. The molecule has 8 nitrogen and oxygen atoms in total. The summed E-state index contributed by atoms with van der Waals surface area (Å²) in [6, 6.07) is -1.21. The van der Waals surface area contributed by atoms with Crippen molar-refractivity contribution in [3.63, 3.8) is 0 Å². The van der Waals surface area contributed by atoms with Crippen molar-refractivity contribution >= 4 is 23.7 Å². The molecule has 0 saturated carbocycles. The molecule has 18 heavy (non-hydrogen) atoms. The van der Waals surface area contributed by atoms with Crippen LogP contribution in [0.25, 0.3) is 0 Å². The van der Waals surface area contributed by atoms with E-state index in [-0.39, 0.29) is 13.1 Å². The molecule has 1 fully saturated rings. The second-order valence-electron chi connectivity index (χ2n) is 4.07. The van der Waals surface area contributed by atoms with Crippen molar-refractivity contribution in [2.75, 3.05) is 26.7 Å². The number of carboxylic acids is 1. The number of hydrogen-bond donors (Lipinski definition) is 2. The smallest absolute Gasteiger partial charge is 0.328 e. The van der Waals surface area contributed by atoms with E-state index in [0.29, 0.717) is 6.54 Å². The van der Waals surface area contributed by atoms with Gasteiger partial charge in [-0.05, 0) is 0 Å². The van der Waals surface area contributed by atoms with Crippen molar-refractivity contribution in [1.29, 1.82) is 0 Å². The average molecular weight is 257 g/mol. The minimum Gasteiger partial charge on any atom is -0.480 e. The normalized spacial score (nSPS) is 17.7. The van der Waals surface area contributed by atoms with Crippen LogP contribution in [0.4, 0.5) is 0 Å². The molecule has 100 valence electrons.